The van der Waals surface area contributed by atoms with Crippen molar-refractivity contribution in [2.75, 3.05) is 23.2 Å². The third-order valence-corrected chi connectivity index (χ3v) is 6.52. The van der Waals surface area contributed by atoms with Gasteiger partial charge in [-0.3, -0.25) is 4.31 Å². The normalized spacial score (nSPS) is 15.7. The zero-order valence-electron chi connectivity index (χ0n) is 14.5. The van der Waals surface area contributed by atoms with Crippen LogP contribution in [0.4, 0.5) is 24.5 Å². The predicted molar refractivity (Wildman–Crippen MR) is 100 cm³/mol. The Hall–Kier alpha value is -1.93. The van der Waals surface area contributed by atoms with E-state index in [4.69, 9.17) is 11.6 Å². The summed E-state index contributed by atoms with van der Waals surface area (Å²) in [5.41, 5.74) is 2.31. The Kier molecular flexibility index (Phi) is 5.31. The van der Waals surface area contributed by atoms with Gasteiger partial charge in [0.15, 0.2) is 0 Å². The van der Waals surface area contributed by atoms with Gasteiger partial charge in [0.25, 0.3) is 10.0 Å². The second kappa shape index (κ2) is 7.24. The summed E-state index contributed by atoms with van der Waals surface area (Å²) < 4.78 is 64.3. The van der Waals surface area contributed by atoms with Gasteiger partial charge in [0.2, 0.25) is 0 Å². The van der Waals surface area contributed by atoms with Crippen LogP contribution in [0, 0.1) is 0 Å². The van der Waals surface area contributed by atoms with Crippen molar-refractivity contribution in [1.29, 1.82) is 0 Å². The Bertz CT molecular complexity index is 962. The van der Waals surface area contributed by atoms with Crippen molar-refractivity contribution >= 4 is 33.0 Å². The van der Waals surface area contributed by atoms with Crippen LogP contribution in [0.2, 0.25) is 5.02 Å². The van der Waals surface area contributed by atoms with Gasteiger partial charge >= 0.3 is 6.18 Å². The summed E-state index contributed by atoms with van der Waals surface area (Å²) in [4.78, 5) is 0.0621. The van der Waals surface area contributed by atoms with E-state index >= 15 is 0 Å². The molecular formula is C18H18ClF3N2O2S. The maximum atomic E-state index is 13.0. The summed E-state index contributed by atoms with van der Waals surface area (Å²) >= 11 is 6.10. The third-order valence-electron chi connectivity index (χ3n) is 4.46. The van der Waals surface area contributed by atoms with Gasteiger partial charge in [-0.05, 0) is 30.2 Å². The van der Waals surface area contributed by atoms with Gasteiger partial charge in [-0.2, -0.15) is 13.2 Å². The van der Waals surface area contributed by atoms with E-state index in [0.29, 0.717) is 23.4 Å². The number of nitrogens with one attached hydrogen (secondary N) is 1. The molecule has 27 heavy (non-hydrogen) atoms. The molecule has 0 unspecified atom stereocenters. The molecule has 1 aliphatic heterocycles. The van der Waals surface area contributed by atoms with E-state index in [-0.39, 0.29) is 22.9 Å². The molecule has 0 radical (unpaired) electrons. The van der Waals surface area contributed by atoms with E-state index in [1.807, 2.05) is 12.1 Å². The second-order valence-corrected chi connectivity index (χ2v) is 8.73. The SMILES string of the molecule is CN1c2ccccc2Cc2c(NCCCC(F)(F)F)cc(Cl)cc2S1(=O)=O. The summed E-state index contributed by atoms with van der Waals surface area (Å²) in [5, 5.41) is 3.13. The number of anilines is 2. The highest BCUT2D eigenvalue weighted by atomic mass is 35.5. The first-order valence-corrected chi connectivity index (χ1v) is 10.1. The molecule has 1 aliphatic rings. The number of nitrogens with zero attached hydrogens (tertiary/aromatic N) is 1. The number of alkyl halides is 3. The summed E-state index contributed by atoms with van der Waals surface area (Å²) in [7, 11) is -2.37. The molecule has 0 spiro atoms. The molecule has 0 fully saturated rings. The average Bonchev–Trinajstić information content (AvgIpc) is 2.66. The molecule has 0 amide bonds. The Labute approximate surface area is 161 Å². The molecule has 0 aliphatic carbocycles. The molecule has 0 bridgehead atoms. The van der Waals surface area contributed by atoms with Crippen LogP contribution in [0.15, 0.2) is 41.3 Å². The van der Waals surface area contributed by atoms with E-state index in [1.165, 1.54) is 17.4 Å². The number of benzene rings is 2. The van der Waals surface area contributed by atoms with Gasteiger partial charge in [0.05, 0.1) is 10.6 Å². The van der Waals surface area contributed by atoms with Crippen LogP contribution in [0.25, 0.3) is 0 Å². The van der Waals surface area contributed by atoms with Crippen LogP contribution in [-0.2, 0) is 16.4 Å². The van der Waals surface area contributed by atoms with E-state index < -0.39 is 22.6 Å². The van der Waals surface area contributed by atoms with E-state index in [1.54, 1.807) is 18.2 Å². The van der Waals surface area contributed by atoms with Gasteiger partial charge in [-0.25, -0.2) is 8.42 Å². The lowest BCUT2D eigenvalue weighted by atomic mass is 10.0. The molecular weight excluding hydrogens is 401 g/mol. The zero-order valence-corrected chi connectivity index (χ0v) is 16.0. The quantitative estimate of drug-likeness (QED) is 0.724. The maximum Gasteiger partial charge on any atom is 0.389 e. The van der Waals surface area contributed by atoms with Crippen LogP contribution in [0.5, 0.6) is 0 Å². The fraction of sp³-hybridized carbons (Fsp3) is 0.333. The number of hydrogen-bond acceptors (Lipinski definition) is 3. The average molecular weight is 419 g/mol. The fourth-order valence-corrected chi connectivity index (χ4v) is 4.91. The van der Waals surface area contributed by atoms with E-state index in [9.17, 15) is 21.6 Å². The standard InChI is InChI=1S/C18H18ClF3N2O2S/c1-24-16-6-3-2-5-12(16)9-14-15(23-8-4-7-18(20,21)22)10-13(19)11-17(14)27(24,25)26/h2-3,5-6,10-11,23H,4,7-9H2,1H3. The van der Waals surface area contributed by atoms with Gasteiger partial charge in [0.1, 0.15) is 0 Å². The Balaban J connectivity index is 2.01. The van der Waals surface area contributed by atoms with Crippen LogP contribution >= 0.6 is 11.6 Å². The van der Waals surface area contributed by atoms with Crippen molar-refractivity contribution < 1.29 is 21.6 Å². The fourth-order valence-electron chi connectivity index (χ4n) is 3.13. The number of halogens is 4. The lowest BCUT2D eigenvalue weighted by molar-refractivity contribution is -0.134. The van der Waals surface area contributed by atoms with Crippen molar-refractivity contribution in [3.05, 3.63) is 52.5 Å². The second-order valence-electron chi connectivity index (χ2n) is 6.35. The van der Waals surface area contributed by atoms with Gasteiger partial charge in [-0.15, -0.1) is 0 Å². The summed E-state index contributed by atoms with van der Waals surface area (Å²) in [5.74, 6) is 0. The third kappa shape index (κ3) is 4.16. The van der Waals surface area contributed by atoms with Gasteiger partial charge in [0, 0.05) is 42.7 Å². The molecule has 1 heterocycles. The number of fused-ring (bicyclic) bond motifs is 2. The van der Waals surface area contributed by atoms with Crippen LogP contribution in [0.1, 0.15) is 24.0 Å². The van der Waals surface area contributed by atoms with Crippen LogP contribution < -0.4 is 9.62 Å². The zero-order chi connectivity index (χ0) is 19.8. The number of sulfonamides is 1. The highest BCUT2D eigenvalue weighted by molar-refractivity contribution is 7.92. The van der Waals surface area contributed by atoms with Crippen molar-refractivity contribution in [1.82, 2.24) is 0 Å². The van der Waals surface area contributed by atoms with E-state index in [2.05, 4.69) is 5.32 Å². The van der Waals surface area contributed by atoms with Crippen molar-refractivity contribution in [3.63, 3.8) is 0 Å². The predicted octanol–water partition coefficient (Wildman–Crippen LogP) is 4.82. The molecule has 0 aromatic heterocycles. The number of rotatable bonds is 4. The van der Waals surface area contributed by atoms with Crippen molar-refractivity contribution in [2.45, 2.75) is 30.3 Å². The van der Waals surface area contributed by atoms with Crippen LogP contribution in [0.3, 0.4) is 0 Å². The molecule has 2 aromatic rings. The first-order chi connectivity index (χ1) is 12.6. The molecule has 4 nitrogen and oxygen atoms in total. The molecule has 3 rings (SSSR count). The largest absolute Gasteiger partial charge is 0.389 e. The molecule has 9 heteroatoms. The minimum absolute atomic E-state index is 0.0594. The Morgan fingerprint density at radius 1 is 1.22 bits per heavy atom. The summed E-state index contributed by atoms with van der Waals surface area (Å²) in [6.45, 7) is 0.0594. The lowest BCUT2D eigenvalue weighted by Crippen LogP contribution is -2.26. The molecule has 0 saturated heterocycles. The Morgan fingerprint density at radius 2 is 1.93 bits per heavy atom. The first kappa shape index (κ1) is 19.8. The molecule has 0 atom stereocenters. The van der Waals surface area contributed by atoms with Gasteiger partial charge in [-0.1, -0.05) is 29.8 Å². The topological polar surface area (TPSA) is 49.4 Å². The van der Waals surface area contributed by atoms with Crippen molar-refractivity contribution in [3.8, 4) is 0 Å². The van der Waals surface area contributed by atoms with Crippen molar-refractivity contribution in [2.24, 2.45) is 0 Å². The highest BCUT2D eigenvalue weighted by Gasteiger charge is 2.31. The highest BCUT2D eigenvalue weighted by Crippen LogP contribution is 2.39. The molecule has 1 N–H and O–H groups in total. The minimum atomic E-state index is -4.22. The smallest absolute Gasteiger partial charge is 0.385 e. The number of hydrogen-bond donors (Lipinski definition) is 1. The van der Waals surface area contributed by atoms with E-state index in [0.717, 1.165) is 5.56 Å². The Morgan fingerprint density at radius 3 is 2.63 bits per heavy atom. The van der Waals surface area contributed by atoms with Gasteiger partial charge < -0.3 is 5.32 Å². The summed E-state index contributed by atoms with van der Waals surface area (Å²) in [6, 6.07) is 10.1. The monoisotopic (exact) mass is 418 g/mol. The number of para-hydroxylation sites is 1. The summed E-state index contributed by atoms with van der Waals surface area (Å²) in [6.07, 6.45) is -4.92. The molecule has 0 saturated carbocycles. The molecule has 146 valence electrons. The first-order valence-electron chi connectivity index (χ1n) is 8.29. The minimum Gasteiger partial charge on any atom is -0.385 e. The van der Waals surface area contributed by atoms with Crippen LogP contribution in [-0.4, -0.2) is 28.2 Å². The maximum absolute atomic E-state index is 13.0. The molecule has 2 aromatic carbocycles. The lowest BCUT2D eigenvalue weighted by Gasteiger charge is -2.20.